The Hall–Kier alpha value is -2.57. The minimum absolute atomic E-state index is 0.512. The van der Waals surface area contributed by atoms with Gasteiger partial charge in [-0.3, -0.25) is 4.98 Å². The maximum Gasteiger partial charge on any atom is 0.101 e. The number of benzene rings is 2. The number of anilines is 2. The maximum absolute atomic E-state index is 9.17. The molecule has 96 valence electrons. The van der Waals surface area contributed by atoms with Gasteiger partial charge < -0.3 is 5.32 Å². The number of pyridine rings is 1. The van der Waals surface area contributed by atoms with Crippen molar-refractivity contribution in [3.8, 4) is 6.07 Å². The number of hydrogen-bond donors (Lipinski definition) is 1. The third-order valence-electron chi connectivity index (χ3n) is 3.02. The van der Waals surface area contributed by atoms with Crippen molar-refractivity contribution in [3.63, 3.8) is 0 Å². The molecular formula is C16H10ClN3. The van der Waals surface area contributed by atoms with Gasteiger partial charge in [0, 0.05) is 22.3 Å². The Bertz CT molecular complexity index is 816. The summed E-state index contributed by atoms with van der Waals surface area (Å²) in [6.07, 6.45) is 1.76. The first kappa shape index (κ1) is 12.5. The second-order valence-corrected chi connectivity index (χ2v) is 4.74. The fourth-order valence-electron chi connectivity index (χ4n) is 2.08. The molecule has 0 amide bonds. The van der Waals surface area contributed by atoms with Crippen molar-refractivity contribution in [1.82, 2.24) is 4.98 Å². The van der Waals surface area contributed by atoms with Gasteiger partial charge in [0.15, 0.2) is 0 Å². The molecule has 0 radical (unpaired) electrons. The number of nitrogens with one attached hydrogen (secondary N) is 1. The predicted molar refractivity (Wildman–Crippen MR) is 81.2 cm³/mol. The Morgan fingerprint density at radius 1 is 1.05 bits per heavy atom. The minimum atomic E-state index is 0.512. The van der Waals surface area contributed by atoms with Gasteiger partial charge in [0.2, 0.25) is 0 Å². The van der Waals surface area contributed by atoms with E-state index in [-0.39, 0.29) is 0 Å². The zero-order chi connectivity index (χ0) is 13.9. The molecule has 0 fully saturated rings. The van der Waals surface area contributed by atoms with Gasteiger partial charge in [-0.25, -0.2) is 0 Å². The third-order valence-corrected chi connectivity index (χ3v) is 3.25. The molecule has 0 aliphatic carbocycles. The smallest absolute Gasteiger partial charge is 0.101 e. The maximum atomic E-state index is 9.17. The van der Waals surface area contributed by atoms with Gasteiger partial charge >= 0.3 is 0 Å². The molecule has 3 aromatic rings. The van der Waals surface area contributed by atoms with Gasteiger partial charge in [0.05, 0.1) is 16.8 Å². The van der Waals surface area contributed by atoms with E-state index in [0.717, 1.165) is 22.3 Å². The Morgan fingerprint density at radius 3 is 2.80 bits per heavy atom. The number of fused-ring (bicyclic) bond motifs is 1. The van der Waals surface area contributed by atoms with E-state index in [0.29, 0.717) is 10.6 Å². The van der Waals surface area contributed by atoms with Crippen LogP contribution in [0.15, 0.2) is 54.7 Å². The fourth-order valence-corrected chi connectivity index (χ4v) is 2.25. The minimum Gasteiger partial charge on any atom is -0.354 e. The molecule has 1 heterocycles. The molecule has 0 bridgehead atoms. The van der Waals surface area contributed by atoms with Gasteiger partial charge in [-0.1, -0.05) is 17.7 Å². The third kappa shape index (κ3) is 2.29. The van der Waals surface area contributed by atoms with Crippen molar-refractivity contribution < 1.29 is 0 Å². The van der Waals surface area contributed by atoms with Crippen LogP contribution < -0.4 is 5.32 Å². The van der Waals surface area contributed by atoms with E-state index in [2.05, 4.69) is 16.4 Å². The lowest BCUT2D eigenvalue weighted by Gasteiger charge is -2.11. The summed E-state index contributed by atoms with van der Waals surface area (Å²) < 4.78 is 0. The second kappa shape index (κ2) is 5.20. The standard InChI is InChI=1S/C16H10ClN3/c17-12-6-7-14(11(9-12)10-18)20-16-5-1-4-15-13(16)3-2-8-19-15/h1-9,20H. The SMILES string of the molecule is N#Cc1cc(Cl)ccc1Nc1cccc2ncccc12. The lowest BCUT2D eigenvalue weighted by molar-refractivity contribution is 1.41. The van der Waals surface area contributed by atoms with Crippen molar-refractivity contribution in [2.75, 3.05) is 5.32 Å². The molecular weight excluding hydrogens is 270 g/mol. The molecule has 0 unspecified atom stereocenters. The summed E-state index contributed by atoms with van der Waals surface area (Å²) in [4.78, 5) is 4.31. The lowest BCUT2D eigenvalue weighted by Crippen LogP contribution is -1.95. The van der Waals surface area contributed by atoms with Crippen molar-refractivity contribution in [2.45, 2.75) is 0 Å². The van der Waals surface area contributed by atoms with E-state index in [1.807, 2.05) is 30.3 Å². The van der Waals surface area contributed by atoms with Crippen molar-refractivity contribution in [2.24, 2.45) is 0 Å². The second-order valence-electron chi connectivity index (χ2n) is 4.30. The highest BCUT2D eigenvalue weighted by Gasteiger charge is 2.06. The average molecular weight is 280 g/mol. The van der Waals surface area contributed by atoms with Crippen LogP contribution in [0, 0.1) is 11.3 Å². The molecule has 4 heteroatoms. The number of nitriles is 1. The van der Waals surface area contributed by atoms with Crippen LogP contribution in [0.25, 0.3) is 10.9 Å². The van der Waals surface area contributed by atoms with Crippen LogP contribution in [-0.2, 0) is 0 Å². The molecule has 20 heavy (non-hydrogen) atoms. The summed E-state index contributed by atoms with van der Waals surface area (Å²) in [6.45, 7) is 0. The predicted octanol–water partition coefficient (Wildman–Crippen LogP) is 4.50. The van der Waals surface area contributed by atoms with E-state index in [4.69, 9.17) is 11.6 Å². The van der Waals surface area contributed by atoms with Crippen LogP contribution in [0.4, 0.5) is 11.4 Å². The largest absolute Gasteiger partial charge is 0.354 e. The van der Waals surface area contributed by atoms with Gasteiger partial charge in [-0.15, -0.1) is 0 Å². The van der Waals surface area contributed by atoms with E-state index in [1.165, 1.54) is 0 Å². The lowest BCUT2D eigenvalue weighted by atomic mass is 10.1. The first-order valence-electron chi connectivity index (χ1n) is 6.08. The van der Waals surface area contributed by atoms with Crippen LogP contribution in [-0.4, -0.2) is 4.98 Å². The summed E-state index contributed by atoms with van der Waals surface area (Å²) in [7, 11) is 0. The molecule has 0 saturated carbocycles. The zero-order valence-corrected chi connectivity index (χ0v) is 11.2. The van der Waals surface area contributed by atoms with E-state index < -0.39 is 0 Å². The normalized spacial score (nSPS) is 10.2. The number of hydrogen-bond acceptors (Lipinski definition) is 3. The molecule has 2 aromatic carbocycles. The molecule has 0 aliphatic heterocycles. The zero-order valence-electron chi connectivity index (χ0n) is 10.5. The number of nitrogens with zero attached hydrogens (tertiary/aromatic N) is 2. The summed E-state index contributed by atoms with van der Waals surface area (Å²) in [5.41, 5.74) is 3.06. The first-order valence-corrected chi connectivity index (χ1v) is 6.46. The highest BCUT2D eigenvalue weighted by Crippen LogP contribution is 2.28. The van der Waals surface area contributed by atoms with E-state index in [1.54, 1.807) is 24.4 Å². The summed E-state index contributed by atoms with van der Waals surface area (Å²) in [5, 5.41) is 14.0. The molecule has 1 aromatic heterocycles. The molecule has 3 nitrogen and oxygen atoms in total. The van der Waals surface area contributed by atoms with Crippen molar-refractivity contribution in [3.05, 3.63) is 65.3 Å². The van der Waals surface area contributed by atoms with Gasteiger partial charge in [0.25, 0.3) is 0 Å². The topological polar surface area (TPSA) is 48.7 Å². The van der Waals surface area contributed by atoms with E-state index >= 15 is 0 Å². The van der Waals surface area contributed by atoms with Gasteiger partial charge in [-0.05, 0) is 42.5 Å². The summed E-state index contributed by atoms with van der Waals surface area (Å²) in [5.74, 6) is 0. The molecule has 1 N–H and O–H groups in total. The quantitative estimate of drug-likeness (QED) is 0.751. The molecule has 3 rings (SSSR count). The van der Waals surface area contributed by atoms with Gasteiger partial charge in [0.1, 0.15) is 6.07 Å². The van der Waals surface area contributed by atoms with E-state index in [9.17, 15) is 5.26 Å². The highest BCUT2D eigenvalue weighted by atomic mass is 35.5. The molecule has 0 atom stereocenters. The molecule has 0 spiro atoms. The number of aromatic nitrogens is 1. The van der Waals surface area contributed by atoms with Crippen LogP contribution in [0.5, 0.6) is 0 Å². The highest BCUT2D eigenvalue weighted by molar-refractivity contribution is 6.30. The summed E-state index contributed by atoms with van der Waals surface area (Å²) >= 11 is 5.90. The number of halogens is 1. The van der Waals surface area contributed by atoms with Crippen LogP contribution in [0.1, 0.15) is 5.56 Å². The van der Waals surface area contributed by atoms with Crippen molar-refractivity contribution in [1.29, 1.82) is 5.26 Å². The van der Waals surface area contributed by atoms with Crippen LogP contribution >= 0.6 is 11.6 Å². The van der Waals surface area contributed by atoms with Crippen molar-refractivity contribution >= 4 is 33.9 Å². The monoisotopic (exact) mass is 279 g/mol. The fraction of sp³-hybridized carbons (Fsp3) is 0. The molecule has 0 aliphatic rings. The van der Waals surface area contributed by atoms with Gasteiger partial charge in [-0.2, -0.15) is 5.26 Å². The Kier molecular flexibility index (Phi) is 3.24. The Balaban J connectivity index is 2.08. The Labute approximate surface area is 121 Å². The number of rotatable bonds is 2. The molecule has 0 saturated heterocycles. The summed E-state index contributed by atoms with van der Waals surface area (Å²) in [6, 6.07) is 17.1. The Morgan fingerprint density at radius 2 is 1.95 bits per heavy atom. The average Bonchev–Trinajstić information content (AvgIpc) is 2.49. The first-order chi connectivity index (χ1) is 9.78. The van der Waals surface area contributed by atoms with Crippen LogP contribution in [0.3, 0.4) is 0 Å². The van der Waals surface area contributed by atoms with Crippen LogP contribution in [0.2, 0.25) is 5.02 Å².